The first-order valence-corrected chi connectivity index (χ1v) is 8.77. The first kappa shape index (κ1) is 16.1. The van der Waals surface area contributed by atoms with Crippen LogP contribution in [-0.2, 0) is 18.5 Å². The fraction of sp³-hybridized carbons (Fsp3) is 0.286. The highest BCUT2D eigenvalue weighted by Gasteiger charge is 2.37. The van der Waals surface area contributed by atoms with Gasteiger partial charge in [-0.15, -0.1) is 0 Å². The normalized spacial score (nSPS) is 19.1. The fourth-order valence-corrected chi connectivity index (χ4v) is 3.74. The summed E-state index contributed by atoms with van der Waals surface area (Å²) in [5.41, 5.74) is 5.43. The molecule has 2 aromatic carbocycles. The van der Waals surface area contributed by atoms with E-state index >= 15 is 0 Å². The van der Waals surface area contributed by atoms with Crippen molar-refractivity contribution in [3.05, 3.63) is 83.2 Å². The van der Waals surface area contributed by atoms with E-state index in [2.05, 4.69) is 40.9 Å². The van der Waals surface area contributed by atoms with Gasteiger partial charge in [0.25, 0.3) is 0 Å². The van der Waals surface area contributed by atoms with Gasteiger partial charge in [-0.1, -0.05) is 42.5 Å². The van der Waals surface area contributed by atoms with E-state index < -0.39 is 0 Å². The standard InChI is InChI=1S/C21H23N3O/c1-16-18(14-24(23-16)19-8-3-2-4-9-19)13-22-21(15-25)12-11-17-7-5-6-10-20(17)21/h2-10,14,22,25H,11-13,15H2,1H3. The summed E-state index contributed by atoms with van der Waals surface area (Å²) < 4.78 is 1.92. The molecule has 0 amide bonds. The third kappa shape index (κ3) is 2.88. The molecule has 0 fully saturated rings. The molecule has 1 heterocycles. The number of rotatable bonds is 5. The molecule has 4 rings (SSSR count). The van der Waals surface area contributed by atoms with Crippen molar-refractivity contribution in [2.45, 2.75) is 31.8 Å². The van der Waals surface area contributed by atoms with E-state index in [1.54, 1.807) is 0 Å². The van der Waals surface area contributed by atoms with E-state index in [-0.39, 0.29) is 12.1 Å². The molecular weight excluding hydrogens is 310 g/mol. The molecule has 0 saturated heterocycles. The van der Waals surface area contributed by atoms with Gasteiger partial charge in [0.2, 0.25) is 0 Å². The molecule has 1 aliphatic carbocycles. The zero-order chi connectivity index (χ0) is 17.3. The maximum absolute atomic E-state index is 10.1. The molecule has 3 aromatic rings. The molecule has 2 N–H and O–H groups in total. The Morgan fingerprint density at radius 3 is 2.68 bits per heavy atom. The smallest absolute Gasteiger partial charge is 0.0677 e. The van der Waals surface area contributed by atoms with Crippen molar-refractivity contribution >= 4 is 0 Å². The molecular formula is C21H23N3O. The Bertz CT molecular complexity index is 872. The van der Waals surface area contributed by atoms with Crippen LogP contribution in [0.5, 0.6) is 0 Å². The van der Waals surface area contributed by atoms with Gasteiger partial charge in [-0.2, -0.15) is 5.10 Å². The monoisotopic (exact) mass is 333 g/mol. The predicted octanol–water partition coefficient (Wildman–Crippen LogP) is 3.10. The van der Waals surface area contributed by atoms with Crippen molar-refractivity contribution in [1.82, 2.24) is 15.1 Å². The van der Waals surface area contributed by atoms with E-state index in [9.17, 15) is 5.11 Å². The van der Waals surface area contributed by atoms with Gasteiger partial charge in [-0.3, -0.25) is 0 Å². The second-order valence-electron chi connectivity index (χ2n) is 6.77. The second-order valence-corrected chi connectivity index (χ2v) is 6.77. The number of aromatic nitrogens is 2. The van der Waals surface area contributed by atoms with Crippen molar-refractivity contribution in [3.63, 3.8) is 0 Å². The van der Waals surface area contributed by atoms with Crippen LogP contribution in [0.3, 0.4) is 0 Å². The summed E-state index contributed by atoms with van der Waals surface area (Å²) >= 11 is 0. The Morgan fingerprint density at radius 2 is 1.88 bits per heavy atom. The summed E-state index contributed by atoms with van der Waals surface area (Å²) in [5.74, 6) is 0. The quantitative estimate of drug-likeness (QED) is 0.754. The lowest BCUT2D eigenvalue weighted by Gasteiger charge is -2.29. The highest BCUT2D eigenvalue weighted by molar-refractivity contribution is 5.39. The molecule has 0 spiro atoms. The number of aliphatic hydroxyl groups excluding tert-OH is 1. The first-order valence-electron chi connectivity index (χ1n) is 8.77. The molecule has 4 heteroatoms. The summed E-state index contributed by atoms with van der Waals surface area (Å²) in [6.45, 7) is 2.83. The van der Waals surface area contributed by atoms with Crippen LogP contribution < -0.4 is 5.32 Å². The molecule has 0 radical (unpaired) electrons. The predicted molar refractivity (Wildman–Crippen MR) is 98.7 cm³/mol. The molecule has 0 bridgehead atoms. The van der Waals surface area contributed by atoms with Gasteiger partial charge < -0.3 is 10.4 Å². The van der Waals surface area contributed by atoms with Crippen molar-refractivity contribution in [2.75, 3.05) is 6.61 Å². The van der Waals surface area contributed by atoms with Crippen LogP contribution in [0.25, 0.3) is 5.69 Å². The number of hydrogen-bond donors (Lipinski definition) is 2. The summed E-state index contributed by atoms with van der Waals surface area (Å²) in [6.07, 6.45) is 4.00. The zero-order valence-electron chi connectivity index (χ0n) is 14.4. The number of benzene rings is 2. The fourth-order valence-electron chi connectivity index (χ4n) is 3.74. The van der Waals surface area contributed by atoms with E-state index in [4.69, 9.17) is 0 Å². The maximum Gasteiger partial charge on any atom is 0.0677 e. The van der Waals surface area contributed by atoms with Crippen LogP contribution in [0.15, 0.2) is 60.8 Å². The van der Waals surface area contributed by atoms with Gasteiger partial charge in [0.15, 0.2) is 0 Å². The largest absolute Gasteiger partial charge is 0.394 e. The number of para-hydroxylation sites is 1. The molecule has 128 valence electrons. The van der Waals surface area contributed by atoms with Gasteiger partial charge in [0.05, 0.1) is 23.5 Å². The number of fused-ring (bicyclic) bond motifs is 1. The summed E-state index contributed by atoms with van der Waals surface area (Å²) in [5, 5.41) is 18.4. The Hall–Kier alpha value is -2.43. The van der Waals surface area contributed by atoms with Crippen LogP contribution in [0.4, 0.5) is 0 Å². The maximum atomic E-state index is 10.1. The summed E-state index contributed by atoms with van der Waals surface area (Å²) in [7, 11) is 0. The van der Waals surface area contributed by atoms with Gasteiger partial charge >= 0.3 is 0 Å². The molecule has 0 saturated carbocycles. The Kier molecular flexibility index (Phi) is 4.15. The van der Waals surface area contributed by atoms with Crippen molar-refractivity contribution in [1.29, 1.82) is 0 Å². The highest BCUT2D eigenvalue weighted by atomic mass is 16.3. The first-order chi connectivity index (χ1) is 12.2. The highest BCUT2D eigenvalue weighted by Crippen LogP contribution is 2.36. The molecule has 1 aliphatic rings. The summed E-state index contributed by atoms with van der Waals surface area (Å²) in [6, 6.07) is 18.5. The molecule has 1 aromatic heterocycles. The third-order valence-corrected chi connectivity index (χ3v) is 5.26. The number of aliphatic hydroxyl groups is 1. The van der Waals surface area contributed by atoms with Crippen LogP contribution in [0.2, 0.25) is 0 Å². The number of nitrogens with one attached hydrogen (secondary N) is 1. The lowest BCUT2D eigenvalue weighted by molar-refractivity contribution is 0.158. The van der Waals surface area contributed by atoms with Gasteiger partial charge in [-0.25, -0.2) is 4.68 Å². The minimum Gasteiger partial charge on any atom is -0.394 e. The van der Waals surface area contributed by atoms with Gasteiger partial charge in [0.1, 0.15) is 0 Å². The van der Waals surface area contributed by atoms with Crippen LogP contribution in [0.1, 0.15) is 28.8 Å². The minimum atomic E-state index is -0.349. The average molecular weight is 333 g/mol. The van der Waals surface area contributed by atoms with E-state index in [0.717, 1.165) is 29.8 Å². The van der Waals surface area contributed by atoms with E-state index in [1.807, 2.05) is 41.9 Å². The molecule has 4 nitrogen and oxygen atoms in total. The molecule has 0 aliphatic heterocycles. The molecule has 1 unspecified atom stereocenters. The lowest BCUT2D eigenvalue weighted by atomic mass is 9.92. The van der Waals surface area contributed by atoms with E-state index in [1.165, 1.54) is 11.1 Å². The van der Waals surface area contributed by atoms with Gasteiger partial charge in [0, 0.05) is 18.3 Å². The number of aryl methyl sites for hydroxylation is 2. The Balaban J connectivity index is 1.57. The average Bonchev–Trinajstić information content (AvgIpc) is 3.22. The van der Waals surface area contributed by atoms with Crippen molar-refractivity contribution < 1.29 is 5.11 Å². The zero-order valence-corrected chi connectivity index (χ0v) is 14.4. The Morgan fingerprint density at radius 1 is 1.12 bits per heavy atom. The number of nitrogens with zero attached hydrogens (tertiary/aromatic N) is 2. The summed E-state index contributed by atoms with van der Waals surface area (Å²) in [4.78, 5) is 0. The molecule has 25 heavy (non-hydrogen) atoms. The van der Waals surface area contributed by atoms with E-state index in [0.29, 0.717) is 6.54 Å². The Labute approximate surface area is 148 Å². The van der Waals surface area contributed by atoms with Gasteiger partial charge in [-0.05, 0) is 43.0 Å². The number of hydrogen-bond acceptors (Lipinski definition) is 3. The third-order valence-electron chi connectivity index (χ3n) is 5.26. The minimum absolute atomic E-state index is 0.107. The van der Waals surface area contributed by atoms with Crippen LogP contribution in [-0.4, -0.2) is 21.5 Å². The van der Waals surface area contributed by atoms with Crippen LogP contribution >= 0.6 is 0 Å². The van der Waals surface area contributed by atoms with Crippen LogP contribution in [0, 0.1) is 6.92 Å². The van der Waals surface area contributed by atoms with Crippen molar-refractivity contribution in [3.8, 4) is 5.69 Å². The molecule has 1 atom stereocenters. The van der Waals surface area contributed by atoms with Crippen molar-refractivity contribution in [2.24, 2.45) is 0 Å². The lowest BCUT2D eigenvalue weighted by Crippen LogP contribution is -2.43. The topological polar surface area (TPSA) is 50.1 Å². The SMILES string of the molecule is Cc1nn(-c2ccccc2)cc1CNC1(CO)CCc2ccccc21. The second kappa shape index (κ2) is 6.47.